The van der Waals surface area contributed by atoms with Crippen LogP contribution in [0.1, 0.15) is 32.8 Å². The van der Waals surface area contributed by atoms with Gasteiger partial charge in [-0.1, -0.05) is 20.8 Å². The predicted octanol–water partition coefficient (Wildman–Crippen LogP) is 4.00. The van der Waals surface area contributed by atoms with E-state index in [0.29, 0.717) is 5.41 Å². The van der Waals surface area contributed by atoms with Gasteiger partial charge in [0.2, 0.25) is 0 Å². The molecule has 1 N–H and O–H groups in total. The van der Waals surface area contributed by atoms with Gasteiger partial charge in [-0.25, -0.2) is 4.98 Å². The van der Waals surface area contributed by atoms with E-state index in [-0.39, 0.29) is 0 Å². The summed E-state index contributed by atoms with van der Waals surface area (Å²) in [7, 11) is 0. The third-order valence-corrected chi connectivity index (χ3v) is 3.25. The second-order valence-electron chi connectivity index (χ2n) is 5.03. The number of nitrogens with one attached hydrogen (secondary N) is 1. The van der Waals surface area contributed by atoms with Crippen molar-refractivity contribution in [1.82, 2.24) is 4.98 Å². The molecule has 1 heterocycles. The fourth-order valence-electron chi connectivity index (χ4n) is 1.22. The van der Waals surface area contributed by atoms with Gasteiger partial charge in [-0.3, -0.25) is 0 Å². The molecule has 3 heteroatoms. The average Bonchev–Trinajstić information content (AvgIpc) is 2.10. The Kier molecular flexibility index (Phi) is 4.14. The van der Waals surface area contributed by atoms with E-state index in [2.05, 4.69) is 53.9 Å². The molecule has 0 saturated heterocycles. The topological polar surface area (TPSA) is 24.9 Å². The Balaban J connectivity index is 2.55. The highest BCUT2D eigenvalue weighted by molar-refractivity contribution is 9.10. The zero-order valence-corrected chi connectivity index (χ0v) is 11.5. The third kappa shape index (κ3) is 4.20. The molecule has 0 aliphatic carbocycles. The van der Waals surface area contributed by atoms with Gasteiger partial charge in [0.25, 0.3) is 0 Å². The van der Waals surface area contributed by atoms with Crippen LogP contribution in [0.3, 0.4) is 0 Å². The number of rotatable bonds is 3. The SMILES string of the molecule is Cc1ccnc(NCCC(C)(C)C)c1Br. The Morgan fingerprint density at radius 3 is 2.67 bits per heavy atom. The molecule has 0 bridgehead atoms. The summed E-state index contributed by atoms with van der Waals surface area (Å²) >= 11 is 3.54. The van der Waals surface area contributed by atoms with E-state index in [9.17, 15) is 0 Å². The molecule has 0 radical (unpaired) electrons. The normalized spacial score (nSPS) is 11.5. The van der Waals surface area contributed by atoms with Crippen molar-refractivity contribution in [3.05, 3.63) is 22.3 Å². The lowest BCUT2D eigenvalue weighted by Gasteiger charge is -2.18. The Hall–Kier alpha value is -0.570. The molecule has 1 rings (SSSR count). The Morgan fingerprint density at radius 2 is 2.07 bits per heavy atom. The van der Waals surface area contributed by atoms with Crippen LogP contribution in [0.2, 0.25) is 0 Å². The summed E-state index contributed by atoms with van der Waals surface area (Å²) in [5.74, 6) is 0.944. The molecule has 0 aliphatic rings. The minimum absolute atomic E-state index is 0.364. The Labute approximate surface area is 101 Å². The standard InChI is InChI=1S/C12H19BrN2/c1-9-5-7-14-11(10(9)13)15-8-6-12(2,3)4/h5,7H,6,8H2,1-4H3,(H,14,15). The second-order valence-corrected chi connectivity index (χ2v) is 5.82. The number of pyridine rings is 1. The molecule has 0 aliphatic heterocycles. The summed E-state index contributed by atoms with van der Waals surface area (Å²) in [6.07, 6.45) is 2.97. The zero-order valence-electron chi connectivity index (χ0n) is 9.89. The van der Waals surface area contributed by atoms with E-state index in [0.717, 1.165) is 23.3 Å². The Morgan fingerprint density at radius 1 is 1.40 bits per heavy atom. The van der Waals surface area contributed by atoms with Gasteiger partial charge in [-0.15, -0.1) is 0 Å². The first-order valence-electron chi connectivity index (χ1n) is 5.25. The molecule has 1 aromatic rings. The summed E-state index contributed by atoms with van der Waals surface area (Å²) in [6, 6.07) is 2.00. The van der Waals surface area contributed by atoms with Crippen LogP contribution in [0, 0.1) is 12.3 Å². The largest absolute Gasteiger partial charge is 0.369 e. The molecule has 0 atom stereocenters. The maximum absolute atomic E-state index is 4.30. The summed E-state index contributed by atoms with van der Waals surface area (Å²) < 4.78 is 1.07. The fraction of sp³-hybridized carbons (Fsp3) is 0.583. The lowest BCUT2D eigenvalue weighted by Crippen LogP contribution is -2.13. The van der Waals surface area contributed by atoms with Gasteiger partial charge in [0.15, 0.2) is 0 Å². The summed E-state index contributed by atoms with van der Waals surface area (Å²) in [5.41, 5.74) is 1.58. The molecule has 0 fully saturated rings. The van der Waals surface area contributed by atoms with Crippen molar-refractivity contribution < 1.29 is 0 Å². The van der Waals surface area contributed by atoms with Gasteiger partial charge >= 0.3 is 0 Å². The van der Waals surface area contributed by atoms with Crippen LogP contribution in [-0.4, -0.2) is 11.5 Å². The van der Waals surface area contributed by atoms with Gasteiger partial charge in [0.1, 0.15) is 5.82 Å². The number of hydrogen-bond donors (Lipinski definition) is 1. The van der Waals surface area contributed by atoms with Crippen molar-refractivity contribution in [2.24, 2.45) is 5.41 Å². The minimum Gasteiger partial charge on any atom is -0.369 e. The summed E-state index contributed by atoms with van der Waals surface area (Å²) in [5, 5.41) is 3.35. The lowest BCUT2D eigenvalue weighted by molar-refractivity contribution is 0.389. The molecule has 2 nitrogen and oxygen atoms in total. The van der Waals surface area contributed by atoms with Crippen molar-refractivity contribution in [1.29, 1.82) is 0 Å². The maximum atomic E-state index is 4.30. The molecule has 0 saturated carbocycles. The van der Waals surface area contributed by atoms with Crippen LogP contribution in [0.5, 0.6) is 0 Å². The van der Waals surface area contributed by atoms with Gasteiger partial charge < -0.3 is 5.32 Å². The highest BCUT2D eigenvalue weighted by Gasteiger charge is 2.10. The minimum atomic E-state index is 0.364. The third-order valence-electron chi connectivity index (χ3n) is 2.25. The van der Waals surface area contributed by atoms with E-state index in [1.165, 1.54) is 5.56 Å². The Bertz CT molecular complexity index is 329. The number of aromatic nitrogens is 1. The quantitative estimate of drug-likeness (QED) is 0.898. The van der Waals surface area contributed by atoms with Crippen molar-refractivity contribution in [3.63, 3.8) is 0 Å². The molecule has 15 heavy (non-hydrogen) atoms. The number of halogens is 1. The van der Waals surface area contributed by atoms with E-state index in [1.54, 1.807) is 0 Å². The number of hydrogen-bond acceptors (Lipinski definition) is 2. The first-order valence-corrected chi connectivity index (χ1v) is 6.04. The molecular formula is C12H19BrN2. The van der Waals surface area contributed by atoms with Gasteiger partial charge in [-0.2, -0.15) is 0 Å². The van der Waals surface area contributed by atoms with Gasteiger partial charge in [0.05, 0.1) is 4.47 Å². The first-order chi connectivity index (χ1) is 6.90. The molecule has 0 amide bonds. The van der Waals surface area contributed by atoms with Gasteiger partial charge in [-0.05, 0) is 46.3 Å². The van der Waals surface area contributed by atoms with Crippen molar-refractivity contribution >= 4 is 21.7 Å². The smallest absolute Gasteiger partial charge is 0.140 e. The lowest BCUT2D eigenvalue weighted by atomic mass is 9.92. The van der Waals surface area contributed by atoms with Crippen LogP contribution < -0.4 is 5.32 Å². The van der Waals surface area contributed by atoms with E-state index in [1.807, 2.05) is 12.3 Å². The number of nitrogens with zero attached hydrogens (tertiary/aromatic N) is 1. The molecular weight excluding hydrogens is 252 g/mol. The molecule has 0 unspecified atom stereocenters. The van der Waals surface area contributed by atoms with Crippen molar-refractivity contribution in [2.75, 3.05) is 11.9 Å². The van der Waals surface area contributed by atoms with E-state index < -0.39 is 0 Å². The summed E-state index contributed by atoms with van der Waals surface area (Å²) in [6.45, 7) is 9.76. The second kappa shape index (κ2) is 4.97. The van der Waals surface area contributed by atoms with Crippen LogP contribution in [0.15, 0.2) is 16.7 Å². The molecule has 0 aromatic carbocycles. The van der Waals surface area contributed by atoms with E-state index >= 15 is 0 Å². The molecule has 1 aromatic heterocycles. The fourth-order valence-corrected chi connectivity index (χ4v) is 1.59. The van der Waals surface area contributed by atoms with Crippen molar-refractivity contribution in [2.45, 2.75) is 34.1 Å². The van der Waals surface area contributed by atoms with Crippen LogP contribution in [0.25, 0.3) is 0 Å². The average molecular weight is 271 g/mol. The van der Waals surface area contributed by atoms with Crippen LogP contribution in [-0.2, 0) is 0 Å². The first kappa shape index (κ1) is 12.5. The van der Waals surface area contributed by atoms with Gasteiger partial charge in [0, 0.05) is 12.7 Å². The maximum Gasteiger partial charge on any atom is 0.140 e. The molecule has 84 valence electrons. The highest BCUT2D eigenvalue weighted by atomic mass is 79.9. The molecule has 0 spiro atoms. The monoisotopic (exact) mass is 270 g/mol. The zero-order chi connectivity index (χ0) is 11.5. The summed E-state index contributed by atoms with van der Waals surface area (Å²) in [4.78, 5) is 4.30. The van der Waals surface area contributed by atoms with Crippen LogP contribution in [0.4, 0.5) is 5.82 Å². The van der Waals surface area contributed by atoms with E-state index in [4.69, 9.17) is 0 Å². The predicted molar refractivity (Wildman–Crippen MR) is 69.2 cm³/mol. The van der Waals surface area contributed by atoms with Crippen LogP contribution >= 0.6 is 15.9 Å². The number of anilines is 1. The highest BCUT2D eigenvalue weighted by Crippen LogP contribution is 2.24. The van der Waals surface area contributed by atoms with Crippen molar-refractivity contribution in [3.8, 4) is 0 Å². The number of aryl methyl sites for hydroxylation is 1.